The summed E-state index contributed by atoms with van der Waals surface area (Å²) >= 11 is 0. The average Bonchev–Trinajstić information content (AvgIpc) is 2.16. The Hall–Kier alpha value is -0.610. The molecular weight excluding hydrogens is 168 g/mol. The highest BCUT2D eigenvalue weighted by molar-refractivity contribution is 5.78. The van der Waals surface area contributed by atoms with Gasteiger partial charge in [0.15, 0.2) is 0 Å². The fraction of sp³-hybridized carbons (Fsp3) is 0.889. The second-order valence-electron chi connectivity index (χ2n) is 3.59. The van der Waals surface area contributed by atoms with Crippen molar-refractivity contribution in [3.8, 4) is 0 Å². The molecule has 4 heteroatoms. The highest BCUT2D eigenvalue weighted by atomic mass is 16.3. The van der Waals surface area contributed by atoms with Gasteiger partial charge in [-0.1, -0.05) is 0 Å². The van der Waals surface area contributed by atoms with Crippen molar-refractivity contribution in [3.05, 3.63) is 0 Å². The largest absolute Gasteiger partial charge is 0.391 e. The summed E-state index contributed by atoms with van der Waals surface area (Å²) < 4.78 is 0. The van der Waals surface area contributed by atoms with Crippen molar-refractivity contribution >= 4 is 5.91 Å². The summed E-state index contributed by atoms with van der Waals surface area (Å²) in [6.07, 6.45) is 2.55. The monoisotopic (exact) mass is 186 g/mol. The number of carbonyl (C=O) groups is 1. The van der Waals surface area contributed by atoms with Gasteiger partial charge in [0.25, 0.3) is 0 Å². The zero-order valence-corrected chi connectivity index (χ0v) is 8.07. The van der Waals surface area contributed by atoms with Crippen molar-refractivity contribution in [1.29, 1.82) is 0 Å². The van der Waals surface area contributed by atoms with Crippen LogP contribution in [0.25, 0.3) is 0 Å². The fourth-order valence-corrected chi connectivity index (χ4v) is 1.89. The van der Waals surface area contributed by atoms with E-state index >= 15 is 0 Å². The Bertz CT molecular complexity index is 182. The Morgan fingerprint density at radius 3 is 2.92 bits per heavy atom. The van der Waals surface area contributed by atoms with Crippen LogP contribution in [0.2, 0.25) is 0 Å². The minimum absolute atomic E-state index is 0.0233. The maximum absolute atomic E-state index is 11.4. The minimum atomic E-state index is -0.448. The number of amides is 1. The lowest BCUT2D eigenvalue weighted by molar-refractivity contribution is -0.136. The summed E-state index contributed by atoms with van der Waals surface area (Å²) in [6.45, 7) is 2.52. The van der Waals surface area contributed by atoms with Gasteiger partial charge >= 0.3 is 0 Å². The maximum Gasteiger partial charge on any atom is 0.236 e. The molecule has 0 aliphatic carbocycles. The summed E-state index contributed by atoms with van der Waals surface area (Å²) in [6, 6.07) is -0.0233. The van der Waals surface area contributed by atoms with Crippen molar-refractivity contribution in [3.63, 3.8) is 0 Å². The zero-order valence-electron chi connectivity index (χ0n) is 8.07. The molecule has 0 aromatic heterocycles. The molecule has 76 valence electrons. The van der Waals surface area contributed by atoms with Gasteiger partial charge in [0.1, 0.15) is 0 Å². The molecule has 1 fully saturated rings. The molecule has 13 heavy (non-hydrogen) atoms. The average molecular weight is 186 g/mol. The number of carbonyl (C=O) groups excluding carboxylic acids is 1. The number of likely N-dealkylation sites (tertiary alicyclic amines) is 1. The number of aliphatic hydroxyl groups is 1. The Labute approximate surface area is 78.7 Å². The fourth-order valence-electron chi connectivity index (χ4n) is 1.89. The first-order valence-corrected chi connectivity index (χ1v) is 4.84. The topological polar surface area (TPSA) is 66.6 Å². The van der Waals surface area contributed by atoms with E-state index in [0.29, 0.717) is 0 Å². The molecular formula is C9H18N2O2. The van der Waals surface area contributed by atoms with E-state index in [4.69, 9.17) is 5.73 Å². The van der Waals surface area contributed by atoms with Gasteiger partial charge in [-0.15, -0.1) is 0 Å². The smallest absolute Gasteiger partial charge is 0.236 e. The second-order valence-corrected chi connectivity index (χ2v) is 3.59. The summed E-state index contributed by atoms with van der Waals surface area (Å²) in [4.78, 5) is 13.1. The molecule has 0 saturated carbocycles. The normalized spacial score (nSPS) is 25.8. The van der Waals surface area contributed by atoms with Gasteiger partial charge in [0.2, 0.25) is 5.91 Å². The lowest BCUT2D eigenvalue weighted by Gasteiger charge is -2.37. The molecule has 0 radical (unpaired) electrons. The summed E-state index contributed by atoms with van der Waals surface area (Å²) in [7, 11) is 0. The van der Waals surface area contributed by atoms with Crippen molar-refractivity contribution in [1.82, 2.24) is 4.90 Å². The van der Waals surface area contributed by atoms with Gasteiger partial charge in [0, 0.05) is 6.54 Å². The number of rotatable bonds is 2. The van der Waals surface area contributed by atoms with Gasteiger partial charge in [-0.05, 0) is 26.2 Å². The van der Waals surface area contributed by atoms with Gasteiger partial charge in [0.05, 0.1) is 18.7 Å². The molecule has 2 atom stereocenters. The standard InChI is InChI=1S/C9H18N2O2/c1-7(12)8-4-2-3-5-11(8)9(13)6-10/h7-8,12H,2-6,10H2,1H3/t7-,8+/m0/s1. The first-order chi connectivity index (χ1) is 6.16. The number of nitrogens with zero attached hydrogens (tertiary/aromatic N) is 1. The van der Waals surface area contributed by atoms with Gasteiger partial charge in [-0.25, -0.2) is 0 Å². The number of hydrogen-bond donors (Lipinski definition) is 2. The van der Waals surface area contributed by atoms with Crippen LogP contribution in [-0.4, -0.2) is 41.1 Å². The first-order valence-electron chi connectivity index (χ1n) is 4.84. The molecule has 1 aliphatic heterocycles. The third kappa shape index (κ3) is 2.42. The Balaban J connectivity index is 2.61. The van der Waals surface area contributed by atoms with Crippen molar-refractivity contribution in [2.75, 3.05) is 13.1 Å². The number of piperidine rings is 1. The van der Waals surface area contributed by atoms with Crippen LogP contribution in [0.3, 0.4) is 0 Å². The third-order valence-electron chi connectivity index (χ3n) is 2.60. The van der Waals surface area contributed by atoms with E-state index in [9.17, 15) is 9.90 Å². The molecule has 1 amide bonds. The van der Waals surface area contributed by atoms with Crippen LogP contribution in [0.4, 0.5) is 0 Å². The van der Waals surface area contributed by atoms with E-state index in [0.717, 1.165) is 25.8 Å². The van der Waals surface area contributed by atoms with E-state index < -0.39 is 6.10 Å². The van der Waals surface area contributed by atoms with Crippen molar-refractivity contribution < 1.29 is 9.90 Å². The zero-order chi connectivity index (χ0) is 9.84. The molecule has 4 nitrogen and oxygen atoms in total. The minimum Gasteiger partial charge on any atom is -0.391 e. The van der Waals surface area contributed by atoms with E-state index in [2.05, 4.69) is 0 Å². The summed E-state index contributed by atoms with van der Waals surface area (Å²) in [5.74, 6) is -0.0504. The molecule has 1 aliphatic rings. The van der Waals surface area contributed by atoms with E-state index in [1.54, 1.807) is 11.8 Å². The highest BCUT2D eigenvalue weighted by Gasteiger charge is 2.28. The van der Waals surface area contributed by atoms with Crippen LogP contribution in [-0.2, 0) is 4.79 Å². The lowest BCUT2D eigenvalue weighted by atomic mass is 9.98. The van der Waals surface area contributed by atoms with Crippen molar-refractivity contribution in [2.24, 2.45) is 5.73 Å². The van der Waals surface area contributed by atoms with E-state index in [1.165, 1.54) is 0 Å². The summed E-state index contributed by atoms with van der Waals surface area (Å²) in [5.41, 5.74) is 5.29. The molecule has 1 saturated heterocycles. The van der Waals surface area contributed by atoms with Crippen LogP contribution >= 0.6 is 0 Å². The quantitative estimate of drug-likeness (QED) is 0.622. The van der Waals surface area contributed by atoms with Gasteiger partial charge in [-0.3, -0.25) is 4.79 Å². The SMILES string of the molecule is C[C@H](O)[C@H]1CCCCN1C(=O)CN. The summed E-state index contributed by atoms with van der Waals surface area (Å²) in [5, 5.41) is 9.46. The maximum atomic E-state index is 11.4. The van der Waals surface area contributed by atoms with E-state index in [-0.39, 0.29) is 18.5 Å². The molecule has 0 bridgehead atoms. The van der Waals surface area contributed by atoms with Crippen LogP contribution < -0.4 is 5.73 Å². The van der Waals surface area contributed by atoms with Crippen molar-refractivity contribution in [2.45, 2.75) is 38.3 Å². The highest BCUT2D eigenvalue weighted by Crippen LogP contribution is 2.19. The molecule has 0 spiro atoms. The van der Waals surface area contributed by atoms with Gasteiger partial charge < -0.3 is 15.7 Å². The molecule has 1 rings (SSSR count). The molecule has 0 aromatic rings. The Morgan fingerprint density at radius 2 is 2.38 bits per heavy atom. The molecule has 3 N–H and O–H groups in total. The first kappa shape index (κ1) is 10.5. The van der Waals surface area contributed by atoms with Crippen LogP contribution in [0, 0.1) is 0 Å². The number of hydrogen-bond acceptors (Lipinski definition) is 3. The number of aliphatic hydroxyl groups excluding tert-OH is 1. The molecule has 0 aromatic carbocycles. The van der Waals surface area contributed by atoms with Crippen LogP contribution in [0.5, 0.6) is 0 Å². The Morgan fingerprint density at radius 1 is 1.69 bits per heavy atom. The van der Waals surface area contributed by atoms with Gasteiger partial charge in [-0.2, -0.15) is 0 Å². The van der Waals surface area contributed by atoms with Crippen LogP contribution in [0.15, 0.2) is 0 Å². The van der Waals surface area contributed by atoms with E-state index in [1.807, 2.05) is 0 Å². The lowest BCUT2D eigenvalue weighted by Crippen LogP contribution is -2.50. The predicted molar refractivity (Wildman–Crippen MR) is 50.1 cm³/mol. The Kier molecular flexibility index (Phi) is 3.69. The third-order valence-corrected chi connectivity index (χ3v) is 2.60. The second kappa shape index (κ2) is 4.58. The van der Waals surface area contributed by atoms with Crippen LogP contribution in [0.1, 0.15) is 26.2 Å². The molecule has 1 heterocycles. The number of nitrogens with two attached hydrogens (primary N) is 1. The molecule has 0 unspecified atom stereocenters. The predicted octanol–water partition coefficient (Wildman–Crippen LogP) is -0.293.